The lowest BCUT2D eigenvalue weighted by atomic mass is 10.0. The summed E-state index contributed by atoms with van der Waals surface area (Å²) in [5, 5.41) is 0. The molecule has 0 heterocycles. The number of esters is 1. The largest absolute Gasteiger partial charge is 0.466 e. The number of hydrogen-bond acceptors (Lipinski definition) is 3. The van der Waals surface area contributed by atoms with Crippen LogP contribution in [0, 0.1) is 5.92 Å². The maximum Gasteiger partial charge on any atom is 0.306 e. The van der Waals surface area contributed by atoms with Crippen molar-refractivity contribution in [3.63, 3.8) is 0 Å². The number of unbranched alkanes of at least 4 members (excludes halogenated alkanes) is 3. The monoisotopic (exact) mass is 215 g/mol. The molecule has 0 aromatic carbocycles. The second kappa shape index (κ2) is 9.97. The molecule has 1 atom stereocenters. The molecule has 0 fully saturated rings. The van der Waals surface area contributed by atoms with Gasteiger partial charge in [0.2, 0.25) is 0 Å². The maximum atomic E-state index is 11.3. The van der Waals surface area contributed by atoms with Crippen LogP contribution in [0.25, 0.3) is 0 Å². The molecule has 0 spiro atoms. The fourth-order valence-corrected chi connectivity index (χ4v) is 1.40. The lowest BCUT2D eigenvalue weighted by molar-refractivity contribution is -0.144. The Bertz CT molecular complexity index is 156. The molecule has 0 radical (unpaired) electrons. The summed E-state index contributed by atoms with van der Waals surface area (Å²) in [5.41, 5.74) is 5.52. The first-order valence-corrected chi connectivity index (χ1v) is 6.10. The van der Waals surface area contributed by atoms with Crippen LogP contribution in [0.5, 0.6) is 0 Å². The van der Waals surface area contributed by atoms with Gasteiger partial charge in [-0.05, 0) is 18.9 Å². The second-order valence-electron chi connectivity index (χ2n) is 4.00. The Labute approximate surface area is 93.4 Å². The van der Waals surface area contributed by atoms with E-state index in [-0.39, 0.29) is 11.9 Å². The number of hydrogen-bond donors (Lipinski definition) is 1. The van der Waals surface area contributed by atoms with Gasteiger partial charge in [0.05, 0.1) is 6.61 Å². The molecule has 0 aliphatic rings. The van der Waals surface area contributed by atoms with Crippen LogP contribution in [0.2, 0.25) is 0 Å². The van der Waals surface area contributed by atoms with Crippen molar-refractivity contribution in [2.24, 2.45) is 11.7 Å². The average Bonchev–Trinajstić information content (AvgIpc) is 2.25. The highest BCUT2D eigenvalue weighted by atomic mass is 16.5. The zero-order valence-electron chi connectivity index (χ0n) is 10.1. The molecule has 2 N–H and O–H groups in total. The van der Waals surface area contributed by atoms with Crippen molar-refractivity contribution in [2.75, 3.05) is 13.2 Å². The minimum Gasteiger partial charge on any atom is -0.466 e. The van der Waals surface area contributed by atoms with Crippen LogP contribution < -0.4 is 5.73 Å². The molecule has 0 amide bonds. The minimum absolute atomic E-state index is 0.0937. The molecule has 0 saturated carbocycles. The Kier molecular flexibility index (Phi) is 9.59. The third-order valence-electron chi connectivity index (χ3n) is 2.63. The smallest absolute Gasteiger partial charge is 0.306 e. The van der Waals surface area contributed by atoms with Gasteiger partial charge in [-0.1, -0.05) is 39.5 Å². The van der Waals surface area contributed by atoms with Crippen LogP contribution in [0.4, 0.5) is 0 Å². The molecular formula is C12H25NO2. The van der Waals surface area contributed by atoms with Crippen molar-refractivity contribution in [2.45, 2.75) is 52.4 Å². The van der Waals surface area contributed by atoms with Gasteiger partial charge < -0.3 is 10.5 Å². The van der Waals surface area contributed by atoms with Gasteiger partial charge >= 0.3 is 5.97 Å². The van der Waals surface area contributed by atoms with Crippen LogP contribution >= 0.6 is 0 Å². The molecule has 0 rings (SSSR count). The minimum atomic E-state index is -0.0937. The molecule has 0 aliphatic carbocycles. The summed E-state index contributed by atoms with van der Waals surface area (Å²) in [6.45, 7) is 5.35. The number of ether oxygens (including phenoxy) is 1. The summed E-state index contributed by atoms with van der Waals surface area (Å²) in [5.74, 6) is 0.192. The van der Waals surface area contributed by atoms with Crippen LogP contribution in [0.15, 0.2) is 0 Å². The summed E-state index contributed by atoms with van der Waals surface area (Å²) in [6.07, 6.45) is 5.98. The van der Waals surface area contributed by atoms with Crippen molar-refractivity contribution in [1.82, 2.24) is 0 Å². The highest BCUT2D eigenvalue weighted by molar-refractivity contribution is 5.69. The zero-order chi connectivity index (χ0) is 11.5. The normalized spacial score (nSPS) is 12.5. The third kappa shape index (κ3) is 8.43. The van der Waals surface area contributed by atoms with Crippen molar-refractivity contribution < 1.29 is 9.53 Å². The summed E-state index contributed by atoms with van der Waals surface area (Å²) >= 11 is 0. The standard InChI is InChI=1S/C12H25NO2/c1-3-5-6-7-8-15-12(14)9-11(4-2)10-13/h11H,3-10,13H2,1-2H3. The quantitative estimate of drug-likeness (QED) is 0.475. The summed E-state index contributed by atoms with van der Waals surface area (Å²) in [4.78, 5) is 11.3. The van der Waals surface area contributed by atoms with Gasteiger partial charge in [-0.25, -0.2) is 0 Å². The number of carbonyl (C=O) groups excluding carboxylic acids is 1. The second-order valence-corrected chi connectivity index (χ2v) is 4.00. The van der Waals surface area contributed by atoms with Crippen molar-refractivity contribution in [3.8, 4) is 0 Å². The van der Waals surface area contributed by atoms with Gasteiger partial charge in [0.1, 0.15) is 0 Å². The predicted octanol–water partition coefficient (Wildman–Crippen LogP) is 2.48. The Morgan fingerprint density at radius 1 is 1.27 bits per heavy atom. The Morgan fingerprint density at radius 3 is 2.53 bits per heavy atom. The lowest BCUT2D eigenvalue weighted by Crippen LogP contribution is -2.19. The first-order chi connectivity index (χ1) is 7.24. The van der Waals surface area contributed by atoms with Crippen LogP contribution in [0.3, 0.4) is 0 Å². The molecule has 90 valence electrons. The SMILES string of the molecule is CCCCCCOC(=O)CC(CC)CN. The van der Waals surface area contributed by atoms with Gasteiger partial charge in [0.15, 0.2) is 0 Å². The molecule has 3 heteroatoms. The van der Waals surface area contributed by atoms with E-state index >= 15 is 0 Å². The van der Waals surface area contributed by atoms with E-state index in [4.69, 9.17) is 10.5 Å². The molecular weight excluding hydrogens is 190 g/mol. The highest BCUT2D eigenvalue weighted by Crippen LogP contribution is 2.07. The van der Waals surface area contributed by atoms with Gasteiger partial charge in [-0.3, -0.25) is 4.79 Å². The van der Waals surface area contributed by atoms with Gasteiger partial charge in [0, 0.05) is 6.42 Å². The molecule has 0 bridgehead atoms. The maximum absolute atomic E-state index is 11.3. The van der Waals surface area contributed by atoms with Crippen LogP contribution in [-0.2, 0) is 9.53 Å². The predicted molar refractivity (Wildman–Crippen MR) is 62.6 cm³/mol. The summed E-state index contributed by atoms with van der Waals surface area (Å²) in [6, 6.07) is 0. The van der Waals surface area contributed by atoms with E-state index < -0.39 is 0 Å². The Morgan fingerprint density at radius 2 is 2.00 bits per heavy atom. The van der Waals surface area contributed by atoms with Crippen molar-refractivity contribution >= 4 is 5.97 Å². The third-order valence-corrected chi connectivity index (χ3v) is 2.63. The van der Waals surface area contributed by atoms with Gasteiger partial charge in [-0.2, -0.15) is 0 Å². The highest BCUT2D eigenvalue weighted by Gasteiger charge is 2.10. The van der Waals surface area contributed by atoms with Crippen LogP contribution in [0.1, 0.15) is 52.4 Å². The lowest BCUT2D eigenvalue weighted by Gasteiger charge is -2.11. The topological polar surface area (TPSA) is 52.3 Å². The van der Waals surface area contributed by atoms with Gasteiger partial charge in [0.25, 0.3) is 0 Å². The van der Waals surface area contributed by atoms with Crippen molar-refractivity contribution in [1.29, 1.82) is 0 Å². The van der Waals surface area contributed by atoms with E-state index in [9.17, 15) is 4.79 Å². The molecule has 1 unspecified atom stereocenters. The molecule has 3 nitrogen and oxygen atoms in total. The summed E-state index contributed by atoms with van der Waals surface area (Å²) < 4.78 is 5.13. The summed E-state index contributed by atoms with van der Waals surface area (Å²) in [7, 11) is 0. The molecule has 0 aromatic heterocycles. The zero-order valence-corrected chi connectivity index (χ0v) is 10.1. The Balaban J connectivity index is 3.40. The number of nitrogens with two attached hydrogens (primary N) is 1. The van der Waals surface area contributed by atoms with E-state index in [1.165, 1.54) is 12.8 Å². The van der Waals surface area contributed by atoms with E-state index in [0.717, 1.165) is 19.3 Å². The molecule has 0 aromatic rings. The average molecular weight is 215 g/mol. The van der Waals surface area contributed by atoms with E-state index in [0.29, 0.717) is 19.6 Å². The number of carbonyl (C=O) groups is 1. The first-order valence-electron chi connectivity index (χ1n) is 6.10. The van der Waals surface area contributed by atoms with E-state index in [1.807, 2.05) is 6.92 Å². The molecule has 15 heavy (non-hydrogen) atoms. The molecule has 0 saturated heterocycles. The van der Waals surface area contributed by atoms with E-state index in [1.54, 1.807) is 0 Å². The fraction of sp³-hybridized carbons (Fsp3) is 0.917. The van der Waals surface area contributed by atoms with Gasteiger partial charge in [-0.15, -0.1) is 0 Å². The van der Waals surface area contributed by atoms with Crippen LogP contribution in [-0.4, -0.2) is 19.1 Å². The Hall–Kier alpha value is -0.570. The van der Waals surface area contributed by atoms with E-state index in [2.05, 4.69) is 6.92 Å². The van der Waals surface area contributed by atoms with Crippen molar-refractivity contribution in [3.05, 3.63) is 0 Å². The number of rotatable bonds is 9. The molecule has 0 aliphatic heterocycles. The fourth-order valence-electron chi connectivity index (χ4n) is 1.40. The first kappa shape index (κ1) is 14.4.